The maximum absolute atomic E-state index is 14.7. The highest BCUT2D eigenvalue weighted by Crippen LogP contribution is 2.54. The van der Waals surface area contributed by atoms with Gasteiger partial charge in [-0.05, 0) is 30.3 Å². The number of piperazine rings is 1. The molecule has 0 radical (unpaired) electrons. The molecule has 0 spiro atoms. The van der Waals surface area contributed by atoms with Gasteiger partial charge in [-0.2, -0.15) is 13.2 Å². The van der Waals surface area contributed by atoms with Crippen molar-refractivity contribution in [2.75, 3.05) is 58.2 Å². The molecule has 3 aromatic rings. The van der Waals surface area contributed by atoms with Crippen LogP contribution in [0.5, 0.6) is 5.75 Å². The highest BCUT2D eigenvalue weighted by Gasteiger charge is 2.65. The molecule has 3 fully saturated rings. The molecule has 2 aliphatic heterocycles. The first-order valence-electron chi connectivity index (χ1n) is 15.4. The van der Waals surface area contributed by atoms with Crippen molar-refractivity contribution in [1.29, 1.82) is 0 Å². The van der Waals surface area contributed by atoms with Gasteiger partial charge in [0.1, 0.15) is 0 Å². The number of hydrogen-bond donors (Lipinski definition) is 2. The van der Waals surface area contributed by atoms with Gasteiger partial charge in [-0.1, -0.05) is 11.6 Å². The number of nitrogens with zero attached hydrogens (tertiary/aromatic N) is 5. The van der Waals surface area contributed by atoms with Crippen molar-refractivity contribution in [1.82, 2.24) is 19.4 Å². The Morgan fingerprint density at radius 3 is 2.31 bits per heavy atom. The molecule has 6 rings (SSSR count). The Morgan fingerprint density at radius 1 is 1.04 bits per heavy atom. The molecule has 1 aromatic heterocycles. The molecule has 17 heteroatoms. The molecular weight excluding hydrogens is 674 g/mol. The van der Waals surface area contributed by atoms with Crippen LogP contribution in [0, 0.1) is 29.4 Å². The Morgan fingerprint density at radius 2 is 1.69 bits per heavy atom. The number of ether oxygens (including phenoxy) is 1. The molecule has 2 saturated heterocycles. The number of hydrogen-bond acceptors (Lipinski definition) is 6. The van der Waals surface area contributed by atoms with E-state index in [1.54, 1.807) is 9.80 Å². The van der Waals surface area contributed by atoms with Gasteiger partial charge in [0.05, 0.1) is 48.5 Å². The number of benzene rings is 2. The summed E-state index contributed by atoms with van der Waals surface area (Å²) in [5, 5.41) is 2.68. The van der Waals surface area contributed by atoms with Crippen LogP contribution >= 0.6 is 11.6 Å². The SMILES string of the molecule is Cn1c(-c2ccc(OC(F)F)c(F)c2F)cnc1C(=O)Nc1ccc(C(=O)N2CCN(C(=O)C3[C@H]4C[N+](C)(CC(N)=O)C[C@@H]34)CC2)c(Cl)c1. The second-order valence-electron chi connectivity index (χ2n) is 12.9. The molecule has 3 N–H and O–H groups in total. The van der Waals surface area contributed by atoms with Gasteiger partial charge in [0.15, 0.2) is 23.9 Å². The van der Waals surface area contributed by atoms with E-state index < -0.39 is 29.9 Å². The number of nitrogens with two attached hydrogens (primary N) is 1. The second kappa shape index (κ2) is 13.0. The topological polar surface area (TPSA) is 140 Å². The minimum atomic E-state index is -3.34. The van der Waals surface area contributed by atoms with E-state index in [-0.39, 0.29) is 75.4 Å². The molecule has 49 heavy (non-hydrogen) atoms. The van der Waals surface area contributed by atoms with Crippen molar-refractivity contribution in [3.05, 3.63) is 64.6 Å². The Balaban J connectivity index is 1.04. The number of alkyl halides is 2. The van der Waals surface area contributed by atoms with Gasteiger partial charge >= 0.3 is 6.61 Å². The van der Waals surface area contributed by atoms with Crippen LogP contribution < -0.4 is 15.8 Å². The summed E-state index contributed by atoms with van der Waals surface area (Å²) in [6, 6.07) is 6.22. The molecule has 2 unspecified atom stereocenters. The van der Waals surface area contributed by atoms with Crippen molar-refractivity contribution in [3.8, 4) is 17.0 Å². The summed E-state index contributed by atoms with van der Waals surface area (Å²) in [4.78, 5) is 58.3. The number of halogens is 5. The fraction of sp³-hybridized carbons (Fsp3) is 0.406. The quantitative estimate of drug-likeness (QED) is 0.259. The maximum Gasteiger partial charge on any atom is 0.387 e. The first-order valence-corrected chi connectivity index (χ1v) is 15.8. The van der Waals surface area contributed by atoms with E-state index in [0.717, 1.165) is 31.4 Å². The third-order valence-electron chi connectivity index (χ3n) is 9.52. The van der Waals surface area contributed by atoms with E-state index in [2.05, 4.69) is 15.0 Å². The molecular formula is C32H33ClF4N7O5+. The number of quaternary nitrogens is 1. The number of rotatable bonds is 9. The monoisotopic (exact) mass is 706 g/mol. The zero-order valence-corrected chi connectivity index (χ0v) is 27.2. The average molecular weight is 707 g/mol. The minimum absolute atomic E-state index is 0.00616. The minimum Gasteiger partial charge on any atom is -0.432 e. The molecule has 260 valence electrons. The molecule has 1 aliphatic carbocycles. The van der Waals surface area contributed by atoms with Crippen LogP contribution in [0.15, 0.2) is 36.5 Å². The largest absolute Gasteiger partial charge is 0.432 e. The lowest BCUT2D eigenvalue weighted by Gasteiger charge is -2.36. The van der Waals surface area contributed by atoms with Gasteiger partial charge in [-0.25, -0.2) is 9.37 Å². The van der Waals surface area contributed by atoms with Crippen molar-refractivity contribution in [2.45, 2.75) is 6.61 Å². The average Bonchev–Trinajstić information content (AvgIpc) is 3.34. The molecule has 1 saturated carbocycles. The number of piperidine rings is 1. The molecule has 3 heterocycles. The lowest BCUT2D eigenvalue weighted by atomic mass is 10.1. The van der Waals surface area contributed by atoms with Gasteiger partial charge in [0.25, 0.3) is 17.7 Å². The van der Waals surface area contributed by atoms with Crippen LogP contribution in [-0.2, 0) is 16.6 Å². The summed E-state index contributed by atoms with van der Waals surface area (Å²) in [6.07, 6.45) is 1.13. The number of anilines is 1. The van der Waals surface area contributed by atoms with Gasteiger partial charge in [-0.3, -0.25) is 19.2 Å². The van der Waals surface area contributed by atoms with E-state index in [1.807, 2.05) is 7.05 Å². The first-order chi connectivity index (χ1) is 23.2. The fourth-order valence-corrected chi connectivity index (χ4v) is 7.42. The Kier molecular flexibility index (Phi) is 9.04. The zero-order valence-electron chi connectivity index (χ0n) is 26.5. The molecule has 4 atom stereocenters. The Bertz CT molecular complexity index is 1840. The van der Waals surface area contributed by atoms with Gasteiger partial charge in [-0.15, -0.1) is 0 Å². The highest BCUT2D eigenvalue weighted by atomic mass is 35.5. The van der Waals surface area contributed by atoms with Crippen molar-refractivity contribution < 1.29 is 46.0 Å². The zero-order chi connectivity index (χ0) is 35.4. The third kappa shape index (κ3) is 6.66. The van der Waals surface area contributed by atoms with E-state index in [4.69, 9.17) is 17.3 Å². The number of carbonyl (C=O) groups excluding carboxylic acids is 4. The summed E-state index contributed by atoms with van der Waals surface area (Å²) in [7, 11) is 3.37. The molecule has 4 amide bonds. The first kappa shape index (κ1) is 34.2. The number of likely N-dealkylation sites (N-methyl/N-ethyl adjacent to an activating group) is 1. The lowest BCUT2D eigenvalue weighted by Crippen LogP contribution is -2.53. The predicted octanol–water partition coefficient (Wildman–Crippen LogP) is 2.96. The fourth-order valence-electron chi connectivity index (χ4n) is 7.16. The number of aromatic nitrogens is 2. The number of likely N-dealkylation sites (tertiary alicyclic amines) is 1. The van der Waals surface area contributed by atoms with Crippen LogP contribution in [-0.4, -0.2) is 107 Å². The summed E-state index contributed by atoms with van der Waals surface area (Å²) in [5.41, 5.74) is 5.49. The van der Waals surface area contributed by atoms with Crippen LogP contribution in [0.4, 0.5) is 23.2 Å². The van der Waals surface area contributed by atoms with E-state index in [1.165, 1.54) is 29.8 Å². The van der Waals surface area contributed by atoms with Crippen LogP contribution in [0.25, 0.3) is 11.3 Å². The highest BCUT2D eigenvalue weighted by molar-refractivity contribution is 6.34. The molecule has 3 aliphatic rings. The van der Waals surface area contributed by atoms with Gasteiger partial charge < -0.3 is 34.6 Å². The van der Waals surface area contributed by atoms with Crippen molar-refractivity contribution >= 4 is 40.9 Å². The van der Waals surface area contributed by atoms with Crippen LogP contribution in [0.2, 0.25) is 5.02 Å². The summed E-state index contributed by atoms with van der Waals surface area (Å²) in [6.45, 7) is -0.161. The van der Waals surface area contributed by atoms with Crippen molar-refractivity contribution in [3.63, 3.8) is 0 Å². The Hall–Kier alpha value is -4.70. The summed E-state index contributed by atoms with van der Waals surface area (Å²) < 4.78 is 59.7. The number of amides is 4. The number of imidazole rings is 1. The Labute approximate surface area is 282 Å². The smallest absolute Gasteiger partial charge is 0.387 e. The number of primary amides is 1. The third-order valence-corrected chi connectivity index (χ3v) is 9.84. The summed E-state index contributed by atoms with van der Waals surface area (Å²) in [5.74, 6) is -5.09. The predicted molar refractivity (Wildman–Crippen MR) is 168 cm³/mol. The van der Waals surface area contributed by atoms with Crippen LogP contribution in [0.1, 0.15) is 21.0 Å². The van der Waals surface area contributed by atoms with Gasteiger partial charge in [0, 0.05) is 56.3 Å². The number of nitrogens with one attached hydrogen (secondary N) is 1. The van der Waals surface area contributed by atoms with E-state index in [0.29, 0.717) is 30.7 Å². The van der Waals surface area contributed by atoms with E-state index in [9.17, 15) is 36.7 Å². The molecule has 12 nitrogen and oxygen atoms in total. The molecule has 0 bridgehead atoms. The van der Waals surface area contributed by atoms with E-state index >= 15 is 0 Å². The molecule has 2 aromatic carbocycles. The second-order valence-corrected chi connectivity index (χ2v) is 13.3. The van der Waals surface area contributed by atoms with Crippen LogP contribution in [0.3, 0.4) is 0 Å². The standard InChI is InChI=1S/C32H32ClF4N7O5/c1-41-22(18-5-6-23(49-32(36)37)27(35)26(18)34)12-39-28(41)29(46)40-16-3-4-17(21(33)11-16)30(47)42-7-9-43(10-8-42)31(48)25-19-13-44(2,14-20(19)25)15-24(38)45/h3-6,11-12,19-20,25,32H,7-10,13-15H2,1-2H3,(H2-,38,40,45,46,47)/p+1/t19-,20+,25?,44?. The normalized spacial score (nSPS) is 23.0. The van der Waals surface area contributed by atoms with Gasteiger partial charge in [0.2, 0.25) is 11.7 Å². The number of carbonyl (C=O) groups is 4. The lowest BCUT2D eigenvalue weighted by molar-refractivity contribution is -0.895. The number of fused-ring (bicyclic) bond motifs is 1. The maximum atomic E-state index is 14.7. The summed E-state index contributed by atoms with van der Waals surface area (Å²) >= 11 is 6.45. The van der Waals surface area contributed by atoms with Crippen molar-refractivity contribution in [2.24, 2.45) is 30.5 Å².